The number of para-hydroxylation sites is 1. The van der Waals surface area contributed by atoms with E-state index in [1.54, 1.807) is 77.7 Å². The number of fused-ring (bicyclic) bond motifs is 2. The number of hydrogen-bond acceptors (Lipinski definition) is 6. The van der Waals surface area contributed by atoms with Crippen molar-refractivity contribution < 1.29 is 29.0 Å². The molecule has 0 spiro atoms. The molecule has 0 aliphatic carbocycles. The Hall–Kier alpha value is -5.15. The molecule has 0 bridgehead atoms. The summed E-state index contributed by atoms with van der Waals surface area (Å²) in [4.78, 5) is 59.2. The Balaban J connectivity index is 1.54. The molecule has 9 heteroatoms. The van der Waals surface area contributed by atoms with Gasteiger partial charge in [0.15, 0.2) is 0 Å². The monoisotopic (exact) mass is 547 g/mol. The first-order chi connectivity index (χ1) is 19.8. The molecule has 3 heterocycles. The number of ketones is 1. The van der Waals surface area contributed by atoms with Crippen molar-refractivity contribution in [3.63, 3.8) is 0 Å². The van der Waals surface area contributed by atoms with Crippen molar-refractivity contribution in [2.75, 3.05) is 31.2 Å². The maximum absolute atomic E-state index is 13.3. The van der Waals surface area contributed by atoms with E-state index in [0.717, 1.165) is 0 Å². The minimum atomic E-state index is -1.10. The van der Waals surface area contributed by atoms with Gasteiger partial charge in [-0.2, -0.15) is 0 Å². The van der Waals surface area contributed by atoms with Crippen LogP contribution in [-0.2, 0) is 9.53 Å². The van der Waals surface area contributed by atoms with Gasteiger partial charge in [0, 0.05) is 36.5 Å². The van der Waals surface area contributed by atoms with Crippen molar-refractivity contribution in [3.05, 3.63) is 101 Å². The van der Waals surface area contributed by atoms with Gasteiger partial charge in [-0.05, 0) is 59.7 Å². The summed E-state index contributed by atoms with van der Waals surface area (Å²) < 4.78 is 5.37. The van der Waals surface area contributed by atoms with Gasteiger partial charge in [-0.3, -0.25) is 19.3 Å². The molecule has 1 aromatic heterocycles. The zero-order chi connectivity index (χ0) is 28.7. The number of carboxylic acid groups (broad SMARTS) is 1. The molecule has 1 fully saturated rings. The molecule has 0 unspecified atom stereocenters. The van der Waals surface area contributed by atoms with Crippen LogP contribution in [0, 0.1) is 0 Å². The maximum atomic E-state index is 13.3. The number of pyridine rings is 1. The third kappa shape index (κ3) is 4.66. The molecule has 204 valence electrons. The SMILES string of the molecule is CC(=O)N1/C(=C\c2cc(-c3ccccc3C(=O)O)c3cc(C(=O)N4CCOCC4)ccc3n2)C(=O)c2ccccc21. The second kappa shape index (κ2) is 10.4. The van der Waals surface area contributed by atoms with Crippen LogP contribution in [0.15, 0.2) is 78.5 Å². The van der Waals surface area contributed by atoms with Crippen molar-refractivity contribution in [3.8, 4) is 11.1 Å². The van der Waals surface area contributed by atoms with Crippen molar-refractivity contribution in [1.29, 1.82) is 0 Å². The van der Waals surface area contributed by atoms with Gasteiger partial charge < -0.3 is 14.7 Å². The second-order valence-electron chi connectivity index (χ2n) is 9.81. The number of aromatic nitrogens is 1. The average Bonchev–Trinajstić information content (AvgIpc) is 3.27. The number of hydrogen-bond donors (Lipinski definition) is 1. The predicted octanol–water partition coefficient (Wildman–Crippen LogP) is 4.66. The van der Waals surface area contributed by atoms with Crippen LogP contribution in [-0.4, -0.2) is 64.9 Å². The second-order valence-corrected chi connectivity index (χ2v) is 9.81. The molecular weight excluding hydrogens is 522 g/mol. The zero-order valence-corrected chi connectivity index (χ0v) is 22.2. The number of ether oxygens (including phenoxy) is 1. The van der Waals surface area contributed by atoms with Gasteiger partial charge in [0.2, 0.25) is 11.7 Å². The molecule has 1 N–H and O–H groups in total. The number of carbonyl (C=O) groups excluding carboxylic acids is 3. The van der Waals surface area contributed by atoms with E-state index in [2.05, 4.69) is 0 Å². The molecule has 0 saturated carbocycles. The number of amides is 2. The fourth-order valence-corrected chi connectivity index (χ4v) is 5.37. The molecule has 3 aromatic carbocycles. The Morgan fingerprint density at radius 1 is 0.902 bits per heavy atom. The third-order valence-electron chi connectivity index (χ3n) is 7.28. The molecule has 41 heavy (non-hydrogen) atoms. The largest absolute Gasteiger partial charge is 0.478 e. The van der Waals surface area contributed by atoms with Crippen molar-refractivity contribution in [2.24, 2.45) is 0 Å². The fourth-order valence-electron chi connectivity index (χ4n) is 5.37. The lowest BCUT2D eigenvalue weighted by molar-refractivity contribution is -0.116. The van der Waals surface area contributed by atoms with E-state index in [4.69, 9.17) is 9.72 Å². The van der Waals surface area contributed by atoms with Gasteiger partial charge in [0.05, 0.1) is 41.4 Å². The van der Waals surface area contributed by atoms with Crippen LogP contribution >= 0.6 is 0 Å². The highest BCUT2D eigenvalue weighted by Gasteiger charge is 2.34. The van der Waals surface area contributed by atoms with E-state index < -0.39 is 5.97 Å². The van der Waals surface area contributed by atoms with Crippen molar-refractivity contribution in [1.82, 2.24) is 9.88 Å². The Kier molecular flexibility index (Phi) is 6.64. The van der Waals surface area contributed by atoms with Gasteiger partial charge in [-0.15, -0.1) is 0 Å². The molecular formula is C32H25N3O6. The number of nitrogens with zero attached hydrogens (tertiary/aromatic N) is 3. The number of morpholine rings is 1. The highest BCUT2D eigenvalue weighted by Crippen LogP contribution is 2.37. The smallest absolute Gasteiger partial charge is 0.336 e. The minimum absolute atomic E-state index is 0.0817. The maximum Gasteiger partial charge on any atom is 0.336 e. The van der Waals surface area contributed by atoms with Gasteiger partial charge in [-0.1, -0.05) is 30.3 Å². The van der Waals surface area contributed by atoms with Gasteiger partial charge in [0.1, 0.15) is 0 Å². The number of carbonyl (C=O) groups is 4. The summed E-state index contributed by atoms with van der Waals surface area (Å²) in [6.45, 7) is 3.30. The lowest BCUT2D eigenvalue weighted by Crippen LogP contribution is -2.40. The topological polar surface area (TPSA) is 117 Å². The highest BCUT2D eigenvalue weighted by atomic mass is 16.5. The first-order valence-corrected chi connectivity index (χ1v) is 13.1. The average molecular weight is 548 g/mol. The number of allylic oxidation sites excluding steroid dienone is 1. The van der Waals surface area contributed by atoms with Crippen molar-refractivity contribution >= 4 is 46.2 Å². The number of aromatic carboxylic acids is 1. The molecule has 6 rings (SSSR count). The van der Waals surface area contributed by atoms with E-state index in [9.17, 15) is 24.3 Å². The molecule has 0 radical (unpaired) electrons. The Labute approximate surface area is 235 Å². The van der Waals surface area contributed by atoms with E-state index in [0.29, 0.717) is 70.8 Å². The quantitative estimate of drug-likeness (QED) is 0.369. The van der Waals surface area contributed by atoms with E-state index in [-0.39, 0.29) is 28.9 Å². The van der Waals surface area contributed by atoms with E-state index in [1.807, 2.05) is 0 Å². The summed E-state index contributed by atoms with van der Waals surface area (Å²) in [7, 11) is 0. The van der Waals surface area contributed by atoms with Crippen LogP contribution in [0.25, 0.3) is 28.1 Å². The first kappa shape index (κ1) is 26.1. The molecule has 9 nitrogen and oxygen atoms in total. The summed E-state index contributed by atoms with van der Waals surface area (Å²) in [5.41, 5.74) is 3.44. The lowest BCUT2D eigenvalue weighted by atomic mass is 9.94. The summed E-state index contributed by atoms with van der Waals surface area (Å²) >= 11 is 0. The summed E-state index contributed by atoms with van der Waals surface area (Å²) in [6.07, 6.45) is 1.54. The molecule has 2 aliphatic rings. The van der Waals surface area contributed by atoms with Crippen LogP contribution in [0.4, 0.5) is 5.69 Å². The Morgan fingerprint density at radius 2 is 1.61 bits per heavy atom. The van der Waals surface area contributed by atoms with Gasteiger partial charge in [-0.25, -0.2) is 9.78 Å². The first-order valence-electron chi connectivity index (χ1n) is 13.1. The van der Waals surface area contributed by atoms with Gasteiger partial charge >= 0.3 is 5.97 Å². The van der Waals surface area contributed by atoms with Crippen molar-refractivity contribution in [2.45, 2.75) is 6.92 Å². The van der Waals surface area contributed by atoms with E-state index >= 15 is 0 Å². The number of carboxylic acids is 1. The number of benzene rings is 3. The minimum Gasteiger partial charge on any atom is -0.478 e. The number of rotatable bonds is 4. The summed E-state index contributed by atoms with van der Waals surface area (Å²) in [5, 5.41) is 10.5. The van der Waals surface area contributed by atoms with Crippen LogP contribution in [0.5, 0.6) is 0 Å². The summed E-state index contributed by atoms with van der Waals surface area (Å²) in [6, 6.07) is 20.3. The van der Waals surface area contributed by atoms with Crippen LogP contribution in [0.2, 0.25) is 0 Å². The lowest BCUT2D eigenvalue weighted by Gasteiger charge is -2.27. The third-order valence-corrected chi connectivity index (χ3v) is 7.28. The zero-order valence-electron chi connectivity index (χ0n) is 22.2. The number of anilines is 1. The van der Waals surface area contributed by atoms with Crippen LogP contribution in [0.1, 0.15) is 43.7 Å². The predicted molar refractivity (Wildman–Crippen MR) is 153 cm³/mol. The molecule has 4 aromatic rings. The Morgan fingerprint density at radius 3 is 2.34 bits per heavy atom. The standard InChI is InChI=1S/C32H25N3O6/c1-19(36)35-28-9-5-4-8-24(28)30(37)29(35)18-21-17-25(22-6-2-3-7-23(22)32(39)40)26-16-20(10-11-27(26)33-21)31(38)34-12-14-41-15-13-34/h2-11,16-18H,12-15H2,1H3,(H,39,40)/b29-18-. The molecule has 2 amide bonds. The molecule has 1 saturated heterocycles. The van der Waals surface area contributed by atoms with Crippen LogP contribution in [0.3, 0.4) is 0 Å². The van der Waals surface area contributed by atoms with Crippen LogP contribution < -0.4 is 4.90 Å². The van der Waals surface area contributed by atoms with E-state index in [1.165, 1.54) is 17.9 Å². The molecule has 2 aliphatic heterocycles. The highest BCUT2D eigenvalue weighted by molar-refractivity contribution is 6.26. The fraction of sp³-hybridized carbons (Fsp3) is 0.156. The molecule has 0 atom stereocenters. The number of Topliss-reactive ketones (excluding diaryl/α,β-unsaturated/α-hetero) is 1. The van der Waals surface area contributed by atoms with Gasteiger partial charge in [0.25, 0.3) is 5.91 Å². The Bertz CT molecular complexity index is 1790. The summed E-state index contributed by atoms with van der Waals surface area (Å²) in [5.74, 6) is -1.88. The normalized spacial score (nSPS) is 15.8.